The molecule has 0 aromatic heterocycles. The Bertz CT molecular complexity index is 1370. The molecule has 1 fully saturated rings. The van der Waals surface area contributed by atoms with Gasteiger partial charge in [-0.05, 0) is 54.7 Å². The van der Waals surface area contributed by atoms with E-state index in [4.69, 9.17) is 10.2 Å². The van der Waals surface area contributed by atoms with Gasteiger partial charge < -0.3 is 26.0 Å². The number of aliphatic hydroxyl groups is 2. The fourth-order valence-corrected chi connectivity index (χ4v) is 6.33. The van der Waals surface area contributed by atoms with Crippen LogP contribution in [0.4, 0.5) is 23.7 Å². The number of carbonyl (C=O) groups excluding carboxylic acids is 2. The van der Waals surface area contributed by atoms with Gasteiger partial charge >= 0.3 is 12.3 Å². The first-order chi connectivity index (χ1) is 19.2. The molecule has 11 nitrogen and oxygen atoms in total. The molecule has 1 aliphatic rings. The zero-order chi connectivity index (χ0) is 30.4. The van der Waals surface area contributed by atoms with E-state index < -0.39 is 82.0 Å². The van der Waals surface area contributed by atoms with Crippen molar-refractivity contribution in [3.63, 3.8) is 0 Å². The van der Waals surface area contributed by atoms with Crippen LogP contribution in [0, 0.1) is 5.92 Å². The number of sulfone groups is 1. The van der Waals surface area contributed by atoms with Crippen molar-refractivity contribution in [2.75, 3.05) is 24.2 Å². The maximum atomic E-state index is 13.1. The lowest BCUT2D eigenvalue weighted by atomic mass is 9.86. The highest BCUT2D eigenvalue weighted by Gasteiger charge is 2.33. The van der Waals surface area contributed by atoms with Gasteiger partial charge in [0.2, 0.25) is 5.91 Å². The molecule has 0 aliphatic heterocycles. The molecule has 1 saturated carbocycles. The summed E-state index contributed by atoms with van der Waals surface area (Å²) in [4.78, 5) is 36.3. The van der Waals surface area contributed by atoms with Crippen molar-refractivity contribution in [1.82, 2.24) is 10.6 Å². The SMILES string of the molecule is O=C(O)Nc1ccc(C(F)(F)F)cc1C(=O)NCC(=O)N[C@H]1CCCC[C@H]1CS(=O)(=O)c1ccc(C(O)CO)cc1. The number of aliphatic hydroxyl groups excluding tert-OH is 2. The van der Waals surface area contributed by atoms with Crippen LogP contribution in [-0.4, -0.2) is 66.6 Å². The van der Waals surface area contributed by atoms with Gasteiger partial charge in [-0.3, -0.25) is 14.9 Å². The minimum Gasteiger partial charge on any atom is -0.465 e. The molecule has 0 bridgehead atoms. The Balaban J connectivity index is 1.66. The third-order valence-corrected chi connectivity index (χ3v) is 8.59. The van der Waals surface area contributed by atoms with Crippen LogP contribution in [0.3, 0.4) is 0 Å². The number of hydrogen-bond donors (Lipinski definition) is 6. The highest BCUT2D eigenvalue weighted by molar-refractivity contribution is 7.91. The molecule has 3 atom stereocenters. The Morgan fingerprint density at radius 1 is 1.02 bits per heavy atom. The Morgan fingerprint density at radius 3 is 2.29 bits per heavy atom. The first-order valence-corrected chi connectivity index (χ1v) is 14.3. The summed E-state index contributed by atoms with van der Waals surface area (Å²) in [6, 6.07) is 6.79. The van der Waals surface area contributed by atoms with Crippen molar-refractivity contribution in [1.29, 1.82) is 0 Å². The molecular formula is C26H30F3N3O8S. The molecule has 224 valence electrons. The number of hydrogen-bond acceptors (Lipinski definition) is 7. The van der Waals surface area contributed by atoms with E-state index in [-0.39, 0.29) is 10.6 Å². The van der Waals surface area contributed by atoms with E-state index in [0.29, 0.717) is 30.5 Å². The van der Waals surface area contributed by atoms with Crippen LogP contribution in [0.25, 0.3) is 0 Å². The number of halogens is 3. The fraction of sp³-hybridized carbons (Fsp3) is 0.423. The van der Waals surface area contributed by atoms with E-state index in [0.717, 1.165) is 18.9 Å². The lowest BCUT2D eigenvalue weighted by Gasteiger charge is -2.32. The second-order valence-corrected chi connectivity index (χ2v) is 11.7. The van der Waals surface area contributed by atoms with Gasteiger partial charge in [-0.25, -0.2) is 13.2 Å². The summed E-state index contributed by atoms with van der Waals surface area (Å²) in [5.74, 6) is -2.55. The molecule has 1 aliphatic carbocycles. The standard InChI is InChI=1S/C26H30F3N3O8S/c27-26(28,29)17-7-10-21(32-25(37)38)19(11-17)24(36)30-12-23(35)31-20-4-2-1-3-16(20)14-41(39,40)18-8-5-15(6-9-18)22(34)13-33/h5-11,16,20,22,32-34H,1-4,12-14H2,(H,30,36)(H,31,35)(H,37,38)/t16-,20-,22?/m0/s1. The number of carboxylic acid groups (broad SMARTS) is 1. The van der Waals surface area contributed by atoms with Crippen LogP contribution in [0.2, 0.25) is 0 Å². The zero-order valence-corrected chi connectivity index (χ0v) is 22.5. The van der Waals surface area contributed by atoms with Crippen LogP contribution in [0.5, 0.6) is 0 Å². The number of carbonyl (C=O) groups is 3. The molecule has 1 unspecified atom stereocenters. The van der Waals surface area contributed by atoms with Crippen LogP contribution in [-0.2, 0) is 20.8 Å². The summed E-state index contributed by atoms with van der Waals surface area (Å²) >= 11 is 0. The van der Waals surface area contributed by atoms with E-state index in [2.05, 4.69) is 10.6 Å². The van der Waals surface area contributed by atoms with Gasteiger partial charge in [0.15, 0.2) is 9.84 Å². The van der Waals surface area contributed by atoms with Crippen molar-refractivity contribution in [3.05, 3.63) is 59.2 Å². The second kappa shape index (κ2) is 13.3. The molecule has 0 heterocycles. The summed E-state index contributed by atoms with van der Waals surface area (Å²) in [7, 11) is -3.78. The van der Waals surface area contributed by atoms with E-state index >= 15 is 0 Å². The van der Waals surface area contributed by atoms with Crippen LogP contribution < -0.4 is 16.0 Å². The Labute approximate surface area is 233 Å². The van der Waals surface area contributed by atoms with Crippen molar-refractivity contribution < 1.29 is 51.3 Å². The van der Waals surface area contributed by atoms with Gasteiger partial charge in [-0.1, -0.05) is 25.0 Å². The molecule has 41 heavy (non-hydrogen) atoms. The number of nitrogens with one attached hydrogen (secondary N) is 3. The lowest BCUT2D eigenvalue weighted by Crippen LogP contribution is -2.47. The van der Waals surface area contributed by atoms with Gasteiger partial charge in [0.05, 0.1) is 40.6 Å². The smallest absolute Gasteiger partial charge is 0.416 e. The second-order valence-electron chi connectivity index (χ2n) is 9.64. The molecule has 6 N–H and O–H groups in total. The zero-order valence-electron chi connectivity index (χ0n) is 21.6. The predicted octanol–water partition coefficient (Wildman–Crippen LogP) is 2.70. The van der Waals surface area contributed by atoms with Gasteiger partial charge in [0.1, 0.15) is 6.10 Å². The molecule has 0 spiro atoms. The summed E-state index contributed by atoms with van der Waals surface area (Å²) < 4.78 is 65.5. The molecule has 2 aromatic rings. The number of benzene rings is 2. The van der Waals surface area contributed by atoms with Crippen molar-refractivity contribution in [2.24, 2.45) is 5.92 Å². The number of rotatable bonds is 10. The van der Waals surface area contributed by atoms with Gasteiger partial charge in [-0.2, -0.15) is 13.2 Å². The third-order valence-electron chi connectivity index (χ3n) is 6.73. The highest BCUT2D eigenvalue weighted by Crippen LogP contribution is 2.32. The topological polar surface area (TPSA) is 182 Å². The van der Waals surface area contributed by atoms with Crippen molar-refractivity contribution in [3.8, 4) is 0 Å². The summed E-state index contributed by atoms with van der Waals surface area (Å²) in [6.07, 6.45) is -5.11. The quantitative estimate of drug-likeness (QED) is 0.240. The van der Waals surface area contributed by atoms with E-state index in [1.165, 1.54) is 24.3 Å². The van der Waals surface area contributed by atoms with E-state index in [1.54, 1.807) is 0 Å². The van der Waals surface area contributed by atoms with Crippen LogP contribution in [0.15, 0.2) is 47.4 Å². The minimum atomic E-state index is -4.80. The largest absolute Gasteiger partial charge is 0.465 e. The van der Waals surface area contributed by atoms with E-state index in [9.17, 15) is 41.1 Å². The maximum absolute atomic E-state index is 13.1. The predicted molar refractivity (Wildman–Crippen MR) is 140 cm³/mol. The molecule has 0 radical (unpaired) electrons. The summed E-state index contributed by atoms with van der Waals surface area (Å²) in [5.41, 5.74) is -1.87. The number of anilines is 1. The highest BCUT2D eigenvalue weighted by atomic mass is 32.2. The monoisotopic (exact) mass is 601 g/mol. The van der Waals surface area contributed by atoms with Crippen molar-refractivity contribution in [2.45, 2.75) is 48.9 Å². The van der Waals surface area contributed by atoms with Gasteiger partial charge in [-0.15, -0.1) is 0 Å². The molecular weight excluding hydrogens is 571 g/mol. The Hall–Kier alpha value is -3.69. The number of amides is 3. The normalized spacial score (nSPS) is 18.3. The maximum Gasteiger partial charge on any atom is 0.416 e. The van der Waals surface area contributed by atoms with Crippen LogP contribution in [0.1, 0.15) is 53.3 Å². The first-order valence-electron chi connectivity index (χ1n) is 12.6. The van der Waals surface area contributed by atoms with Gasteiger partial charge in [0, 0.05) is 6.04 Å². The fourth-order valence-electron chi connectivity index (χ4n) is 4.62. The average Bonchev–Trinajstić information content (AvgIpc) is 2.91. The molecule has 15 heteroatoms. The lowest BCUT2D eigenvalue weighted by molar-refractivity contribution is -0.137. The van der Waals surface area contributed by atoms with Crippen LogP contribution >= 0.6 is 0 Å². The van der Waals surface area contributed by atoms with Crippen molar-refractivity contribution >= 4 is 33.4 Å². The molecule has 0 saturated heterocycles. The summed E-state index contributed by atoms with van der Waals surface area (Å²) in [5, 5.41) is 34.4. The minimum absolute atomic E-state index is 0.0150. The molecule has 3 amide bonds. The van der Waals surface area contributed by atoms with E-state index in [1.807, 2.05) is 5.32 Å². The average molecular weight is 602 g/mol. The first kappa shape index (κ1) is 31.8. The Kier molecular flexibility index (Phi) is 10.3. The molecule has 3 rings (SSSR count). The van der Waals surface area contributed by atoms with Gasteiger partial charge in [0.25, 0.3) is 5.91 Å². The third kappa shape index (κ3) is 8.65. The summed E-state index contributed by atoms with van der Waals surface area (Å²) in [6.45, 7) is -1.16. The number of alkyl halides is 3. The Morgan fingerprint density at radius 2 is 1.68 bits per heavy atom. The molecule has 2 aromatic carbocycles.